The number of carbonyl (C=O) groups excluding carboxylic acids is 2. The van der Waals surface area contributed by atoms with Gasteiger partial charge in [-0.3, -0.25) is 14.4 Å². The molecule has 7 heteroatoms. The summed E-state index contributed by atoms with van der Waals surface area (Å²) in [6.07, 6.45) is 2.91. The topological polar surface area (TPSA) is 90.3 Å². The molecule has 0 aliphatic rings. The smallest absolute Gasteiger partial charge is 0.306 e. The SMILES string of the molecule is CCCCn1c(=O)c(CCC(=O)OCC(=O)Nc2ccc(CC)cc2)nc2ccccc21. The maximum Gasteiger partial charge on any atom is 0.306 e. The Balaban J connectivity index is 1.57. The Kier molecular flexibility index (Phi) is 8.14. The van der Waals surface area contributed by atoms with Crippen molar-refractivity contribution in [3.05, 3.63) is 70.1 Å². The van der Waals surface area contributed by atoms with Crippen LogP contribution in [-0.4, -0.2) is 28.0 Å². The molecule has 3 rings (SSSR count). The zero-order valence-electron chi connectivity index (χ0n) is 18.6. The van der Waals surface area contributed by atoms with Crippen molar-refractivity contribution in [3.63, 3.8) is 0 Å². The van der Waals surface area contributed by atoms with Crippen LogP contribution in [0.15, 0.2) is 53.3 Å². The predicted octanol–water partition coefficient (Wildman–Crippen LogP) is 3.87. The monoisotopic (exact) mass is 435 g/mol. The van der Waals surface area contributed by atoms with Gasteiger partial charge in [-0.2, -0.15) is 0 Å². The first kappa shape index (κ1) is 23.2. The molecule has 168 valence electrons. The number of aryl methyl sites for hydroxylation is 3. The summed E-state index contributed by atoms with van der Waals surface area (Å²) in [6.45, 7) is 4.36. The van der Waals surface area contributed by atoms with E-state index in [1.54, 1.807) is 4.57 Å². The molecule has 0 fully saturated rings. The van der Waals surface area contributed by atoms with Crippen LogP contribution >= 0.6 is 0 Å². The van der Waals surface area contributed by atoms with Crippen LogP contribution in [-0.2, 0) is 33.7 Å². The third-order valence-electron chi connectivity index (χ3n) is 5.23. The summed E-state index contributed by atoms with van der Waals surface area (Å²) in [5.41, 5.74) is 3.48. The number of amides is 1. The van der Waals surface area contributed by atoms with Crippen LogP contribution in [0, 0.1) is 0 Å². The molecule has 0 saturated heterocycles. The molecule has 1 amide bonds. The summed E-state index contributed by atoms with van der Waals surface area (Å²) in [6, 6.07) is 15.0. The van der Waals surface area contributed by atoms with E-state index in [4.69, 9.17) is 4.74 Å². The van der Waals surface area contributed by atoms with Gasteiger partial charge < -0.3 is 14.6 Å². The number of nitrogens with zero attached hydrogens (tertiary/aromatic N) is 2. The van der Waals surface area contributed by atoms with Crippen molar-refractivity contribution < 1.29 is 14.3 Å². The number of nitrogens with one attached hydrogen (secondary N) is 1. The van der Waals surface area contributed by atoms with Gasteiger partial charge in [-0.15, -0.1) is 0 Å². The van der Waals surface area contributed by atoms with Crippen molar-refractivity contribution in [3.8, 4) is 0 Å². The standard InChI is InChI=1S/C25H29N3O4/c1-3-5-16-28-22-9-7-6-8-20(22)27-21(25(28)31)14-15-24(30)32-17-23(29)26-19-12-10-18(4-2)11-13-19/h6-13H,3-5,14-17H2,1-2H3,(H,26,29). The molecule has 0 aliphatic heterocycles. The van der Waals surface area contributed by atoms with Crippen LogP contribution in [0.1, 0.15) is 44.4 Å². The van der Waals surface area contributed by atoms with E-state index in [1.807, 2.05) is 48.5 Å². The highest BCUT2D eigenvalue weighted by molar-refractivity contribution is 5.92. The van der Waals surface area contributed by atoms with Crippen molar-refractivity contribution in [2.45, 2.75) is 52.5 Å². The molecule has 0 radical (unpaired) electrons. The summed E-state index contributed by atoms with van der Waals surface area (Å²) in [5, 5.41) is 2.70. The Morgan fingerprint density at radius 3 is 2.53 bits per heavy atom. The molecular weight excluding hydrogens is 406 g/mol. The first-order chi connectivity index (χ1) is 15.5. The highest BCUT2D eigenvalue weighted by atomic mass is 16.5. The minimum absolute atomic E-state index is 0.0210. The number of rotatable bonds is 10. The molecule has 3 aromatic rings. The summed E-state index contributed by atoms with van der Waals surface area (Å²) >= 11 is 0. The number of fused-ring (bicyclic) bond motifs is 1. The van der Waals surface area contributed by atoms with Gasteiger partial charge in [0.1, 0.15) is 5.69 Å². The summed E-state index contributed by atoms with van der Waals surface area (Å²) in [4.78, 5) is 41.5. The molecule has 1 aromatic heterocycles. The lowest BCUT2D eigenvalue weighted by Crippen LogP contribution is -2.27. The molecule has 0 atom stereocenters. The fourth-order valence-electron chi connectivity index (χ4n) is 3.41. The van der Waals surface area contributed by atoms with Gasteiger partial charge in [0.05, 0.1) is 17.5 Å². The first-order valence-corrected chi connectivity index (χ1v) is 11.0. The summed E-state index contributed by atoms with van der Waals surface area (Å²) in [7, 11) is 0. The average Bonchev–Trinajstić information content (AvgIpc) is 2.81. The van der Waals surface area contributed by atoms with E-state index in [1.165, 1.54) is 5.56 Å². The van der Waals surface area contributed by atoms with Crippen LogP contribution in [0.3, 0.4) is 0 Å². The molecule has 0 unspecified atom stereocenters. The van der Waals surface area contributed by atoms with Gasteiger partial charge in [0.15, 0.2) is 6.61 Å². The van der Waals surface area contributed by atoms with Crippen molar-refractivity contribution in [2.75, 3.05) is 11.9 Å². The molecule has 0 aliphatic carbocycles. The Morgan fingerprint density at radius 2 is 1.81 bits per heavy atom. The zero-order valence-corrected chi connectivity index (χ0v) is 18.6. The maximum absolute atomic E-state index is 12.9. The lowest BCUT2D eigenvalue weighted by molar-refractivity contribution is -0.147. The van der Waals surface area contributed by atoms with Gasteiger partial charge in [-0.1, -0.05) is 44.5 Å². The largest absolute Gasteiger partial charge is 0.456 e. The fourth-order valence-corrected chi connectivity index (χ4v) is 3.41. The third-order valence-corrected chi connectivity index (χ3v) is 5.23. The molecule has 1 heterocycles. The number of aromatic nitrogens is 2. The number of benzene rings is 2. The van der Waals surface area contributed by atoms with Crippen LogP contribution in [0.5, 0.6) is 0 Å². The second kappa shape index (κ2) is 11.2. The predicted molar refractivity (Wildman–Crippen MR) is 125 cm³/mol. The highest BCUT2D eigenvalue weighted by Gasteiger charge is 2.14. The molecule has 32 heavy (non-hydrogen) atoms. The number of ether oxygens (including phenoxy) is 1. The van der Waals surface area contributed by atoms with Gasteiger partial charge in [0, 0.05) is 18.7 Å². The van der Waals surface area contributed by atoms with Gasteiger partial charge in [-0.25, -0.2) is 4.98 Å². The number of unbranched alkanes of at least 4 members (excludes halogenated alkanes) is 1. The first-order valence-electron chi connectivity index (χ1n) is 11.0. The Morgan fingerprint density at radius 1 is 1.06 bits per heavy atom. The highest BCUT2D eigenvalue weighted by Crippen LogP contribution is 2.12. The maximum atomic E-state index is 12.9. The number of para-hydroxylation sites is 2. The second-order valence-electron chi connectivity index (χ2n) is 7.62. The number of hydrogen-bond donors (Lipinski definition) is 1. The zero-order chi connectivity index (χ0) is 22.9. The molecular formula is C25H29N3O4. The van der Waals surface area contributed by atoms with Crippen molar-refractivity contribution >= 4 is 28.6 Å². The third kappa shape index (κ3) is 6.03. The van der Waals surface area contributed by atoms with Crippen molar-refractivity contribution in [2.24, 2.45) is 0 Å². The van der Waals surface area contributed by atoms with Gasteiger partial charge in [0.2, 0.25) is 0 Å². The van der Waals surface area contributed by atoms with E-state index in [0.29, 0.717) is 17.9 Å². The van der Waals surface area contributed by atoms with Crippen LogP contribution in [0.25, 0.3) is 11.0 Å². The van der Waals surface area contributed by atoms with Gasteiger partial charge in [0.25, 0.3) is 11.5 Å². The lowest BCUT2D eigenvalue weighted by atomic mass is 10.1. The van der Waals surface area contributed by atoms with E-state index in [2.05, 4.69) is 24.1 Å². The minimum Gasteiger partial charge on any atom is -0.456 e. The molecule has 1 N–H and O–H groups in total. The van der Waals surface area contributed by atoms with E-state index < -0.39 is 11.9 Å². The molecule has 7 nitrogen and oxygen atoms in total. The lowest BCUT2D eigenvalue weighted by Gasteiger charge is -2.12. The Hall–Kier alpha value is -3.48. The van der Waals surface area contributed by atoms with Crippen molar-refractivity contribution in [1.29, 1.82) is 0 Å². The normalized spacial score (nSPS) is 10.8. The van der Waals surface area contributed by atoms with Crippen LogP contribution in [0.4, 0.5) is 5.69 Å². The minimum atomic E-state index is -0.545. The fraction of sp³-hybridized carbons (Fsp3) is 0.360. The Bertz CT molecular complexity index is 1140. The van der Waals surface area contributed by atoms with Crippen molar-refractivity contribution in [1.82, 2.24) is 9.55 Å². The van der Waals surface area contributed by atoms with E-state index in [9.17, 15) is 14.4 Å². The van der Waals surface area contributed by atoms with Crippen LogP contribution < -0.4 is 10.9 Å². The van der Waals surface area contributed by atoms with E-state index in [-0.39, 0.29) is 25.0 Å². The molecule has 2 aromatic carbocycles. The van der Waals surface area contributed by atoms with E-state index >= 15 is 0 Å². The second-order valence-corrected chi connectivity index (χ2v) is 7.62. The summed E-state index contributed by atoms with van der Waals surface area (Å²) in [5.74, 6) is -0.954. The molecule has 0 bridgehead atoms. The quantitative estimate of drug-likeness (QED) is 0.488. The number of anilines is 1. The molecule has 0 spiro atoms. The summed E-state index contributed by atoms with van der Waals surface area (Å²) < 4.78 is 6.80. The van der Waals surface area contributed by atoms with Gasteiger partial charge >= 0.3 is 5.97 Å². The molecule has 0 saturated carbocycles. The number of hydrogen-bond acceptors (Lipinski definition) is 5. The van der Waals surface area contributed by atoms with E-state index in [0.717, 1.165) is 30.3 Å². The average molecular weight is 436 g/mol. The van der Waals surface area contributed by atoms with Crippen LogP contribution in [0.2, 0.25) is 0 Å². The number of esters is 1. The Labute approximate surface area is 187 Å². The number of carbonyl (C=O) groups is 2. The van der Waals surface area contributed by atoms with Gasteiger partial charge in [-0.05, 0) is 42.7 Å².